The lowest BCUT2D eigenvalue weighted by molar-refractivity contribution is 0.568. The zero-order chi connectivity index (χ0) is 13.2. The molecule has 0 aliphatic heterocycles. The summed E-state index contributed by atoms with van der Waals surface area (Å²) in [7, 11) is 0. The summed E-state index contributed by atoms with van der Waals surface area (Å²) in [6, 6.07) is 4.24. The van der Waals surface area contributed by atoms with Gasteiger partial charge in [-0.1, -0.05) is 19.9 Å². The summed E-state index contributed by atoms with van der Waals surface area (Å²) in [6.07, 6.45) is 1.74. The van der Waals surface area contributed by atoms with E-state index in [0.29, 0.717) is 5.95 Å². The molecule has 0 bridgehead atoms. The van der Waals surface area contributed by atoms with Crippen LogP contribution in [0.4, 0.5) is 11.8 Å². The summed E-state index contributed by atoms with van der Waals surface area (Å²) in [5.41, 5.74) is 6.68. The second-order valence-corrected chi connectivity index (χ2v) is 5.92. The van der Waals surface area contributed by atoms with Gasteiger partial charge in [0.1, 0.15) is 5.82 Å². The Labute approximate surface area is 111 Å². The maximum atomic E-state index is 5.60. The molecule has 4 nitrogen and oxygen atoms in total. The molecule has 0 radical (unpaired) electrons. The van der Waals surface area contributed by atoms with Gasteiger partial charge in [0, 0.05) is 28.6 Å². The van der Waals surface area contributed by atoms with E-state index in [0.717, 1.165) is 17.9 Å². The monoisotopic (exact) mass is 262 g/mol. The van der Waals surface area contributed by atoms with Crippen molar-refractivity contribution >= 4 is 23.1 Å². The lowest BCUT2D eigenvalue weighted by Crippen LogP contribution is -2.27. The molecule has 18 heavy (non-hydrogen) atoms. The van der Waals surface area contributed by atoms with Crippen LogP contribution in [0.15, 0.2) is 23.7 Å². The van der Waals surface area contributed by atoms with Crippen molar-refractivity contribution in [1.82, 2.24) is 9.97 Å². The number of nitrogens with zero attached hydrogens (tertiary/aromatic N) is 2. The first kappa shape index (κ1) is 12.8. The summed E-state index contributed by atoms with van der Waals surface area (Å²) < 4.78 is 0. The molecule has 0 spiro atoms. The molecule has 96 valence electrons. The van der Waals surface area contributed by atoms with Crippen molar-refractivity contribution in [3.8, 4) is 0 Å². The number of anilines is 2. The Balaban J connectivity index is 2.09. The molecule has 2 aromatic rings. The second-order valence-electron chi connectivity index (χ2n) is 4.97. The van der Waals surface area contributed by atoms with Crippen LogP contribution >= 0.6 is 11.3 Å². The van der Waals surface area contributed by atoms with Gasteiger partial charge in [0.25, 0.3) is 0 Å². The predicted molar refractivity (Wildman–Crippen MR) is 77.0 cm³/mol. The van der Waals surface area contributed by atoms with Crippen molar-refractivity contribution in [1.29, 1.82) is 0 Å². The average Bonchev–Trinajstić information content (AvgIpc) is 2.85. The normalized spacial score (nSPS) is 11.5. The third kappa shape index (κ3) is 2.79. The maximum absolute atomic E-state index is 5.60. The number of rotatable bonds is 4. The van der Waals surface area contributed by atoms with Gasteiger partial charge in [0.2, 0.25) is 5.95 Å². The number of hydrogen-bond acceptors (Lipinski definition) is 5. The van der Waals surface area contributed by atoms with Crippen molar-refractivity contribution in [2.45, 2.75) is 26.2 Å². The minimum atomic E-state index is 0.0698. The molecule has 0 unspecified atom stereocenters. The molecule has 0 aromatic carbocycles. The van der Waals surface area contributed by atoms with Gasteiger partial charge in [0.05, 0.1) is 0 Å². The van der Waals surface area contributed by atoms with Crippen LogP contribution in [0, 0.1) is 6.92 Å². The number of nitrogen functional groups attached to an aromatic ring is 1. The van der Waals surface area contributed by atoms with Crippen molar-refractivity contribution in [3.63, 3.8) is 0 Å². The van der Waals surface area contributed by atoms with Crippen molar-refractivity contribution in [2.75, 3.05) is 17.6 Å². The Morgan fingerprint density at radius 1 is 1.44 bits per heavy atom. The average molecular weight is 262 g/mol. The Kier molecular flexibility index (Phi) is 3.52. The van der Waals surface area contributed by atoms with Crippen LogP contribution in [0.25, 0.3) is 0 Å². The summed E-state index contributed by atoms with van der Waals surface area (Å²) in [4.78, 5) is 9.53. The molecule has 0 saturated carbocycles. The van der Waals surface area contributed by atoms with Gasteiger partial charge >= 0.3 is 0 Å². The number of hydrogen-bond donors (Lipinski definition) is 2. The van der Waals surface area contributed by atoms with Crippen LogP contribution in [0.1, 0.15) is 24.3 Å². The van der Waals surface area contributed by atoms with Crippen LogP contribution in [-0.4, -0.2) is 16.5 Å². The first-order chi connectivity index (χ1) is 8.49. The largest absolute Gasteiger partial charge is 0.369 e. The second kappa shape index (κ2) is 4.94. The van der Waals surface area contributed by atoms with Gasteiger partial charge in [-0.2, -0.15) is 4.98 Å². The molecule has 2 heterocycles. The Morgan fingerprint density at radius 3 is 2.89 bits per heavy atom. The van der Waals surface area contributed by atoms with Crippen LogP contribution in [0.2, 0.25) is 0 Å². The van der Waals surface area contributed by atoms with Gasteiger partial charge in [0.15, 0.2) is 0 Å². The van der Waals surface area contributed by atoms with Gasteiger partial charge in [-0.3, -0.25) is 0 Å². The van der Waals surface area contributed by atoms with Gasteiger partial charge in [-0.05, 0) is 18.4 Å². The summed E-state index contributed by atoms with van der Waals surface area (Å²) in [5.74, 6) is 1.11. The van der Waals surface area contributed by atoms with E-state index in [4.69, 9.17) is 5.73 Å². The number of nitrogens with two attached hydrogens (primary N) is 1. The van der Waals surface area contributed by atoms with Crippen LogP contribution in [0.3, 0.4) is 0 Å². The van der Waals surface area contributed by atoms with E-state index in [1.807, 2.05) is 6.92 Å². The Morgan fingerprint density at radius 2 is 2.22 bits per heavy atom. The van der Waals surface area contributed by atoms with E-state index in [1.54, 1.807) is 17.5 Å². The minimum Gasteiger partial charge on any atom is -0.369 e. The molecule has 2 rings (SSSR count). The van der Waals surface area contributed by atoms with Gasteiger partial charge in [-0.25, -0.2) is 4.98 Å². The number of aryl methyl sites for hydroxylation is 1. The molecule has 0 fully saturated rings. The van der Waals surface area contributed by atoms with Crippen LogP contribution in [-0.2, 0) is 5.41 Å². The highest BCUT2D eigenvalue weighted by Gasteiger charge is 2.21. The maximum Gasteiger partial charge on any atom is 0.221 e. The van der Waals surface area contributed by atoms with Gasteiger partial charge < -0.3 is 11.1 Å². The molecule has 0 aliphatic carbocycles. The highest BCUT2D eigenvalue weighted by atomic mass is 32.1. The first-order valence-corrected chi connectivity index (χ1v) is 6.74. The Hall–Kier alpha value is -1.62. The molecule has 3 N–H and O–H groups in total. The Bertz CT molecular complexity index is 520. The van der Waals surface area contributed by atoms with Crippen molar-refractivity contribution in [2.24, 2.45) is 0 Å². The van der Waals surface area contributed by atoms with E-state index in [-0.39, 0.29) is 5.41 Å². The quantitative estimate of drug-likeness (QED) is 0.889. The smallest absolute Gasteiger partial charge is 0.221 e. The van der Waals surface area contributed by atoms with Crippen molar-refractivity contribution in [3.05, 3.63) is 34.2 Å². The lowest BCUT2D eigenvalue weighted by Gasteiger charge is -2.24. The molecule has 0 amide bonds. The van der Waals surface area contributed by atoms with E-state index in [1.165, 1.54) is 4.88 Å². The number of nitrogens with one attached hydrogen (secondary N) is 1. The van der Waals surface area contributed by atoms with Gasteiger partial charge in [-0.15, -0.1) is 11.3 Å². The predicted octanol–water partition coefficient (Wildman–Crippen LogP) is 2.82. The summed E-state index contributed by atoms with van der Waals surface area (Å²) in [6.45, 7) is 7.21. The SMILES string of the molecule is Cc1cnc(N)nc1NCC(C)(C)c1cccs1. The summed E-state index contributed by atoms with van der Waals surface area (Å²) >= 11 is 1.77. The van der Waals surface area contributed by atoms with Crippen LogP contribution in [0.5, 0.6) is 0 Å². The molecular weight excluding hydrogens is 244 g/mol. The fourth-order valence-corrected chi connectivity index (χ4v) is 2.54. The minimum absolute atomic E-state index is 0.0698. The lowest BCUT2D eigenvalue weighted by atomic mass is 9.91. The first-order valence-electron chi connectivity index (χ1n) is 5.86. The molecule has 0 atom stereocenters. The zero-order valence-electron chi connectivity index (χ0n) is 10.9. The third-order valence-corrected chi connectivity index (χ3v) is 4.11. The number of thiophene rings is 1. The van der Waals surface area contributed by atoms with Crippen LogP contribution < -0.4 is 11.1 Å². The van der Waals surface area contributed by atoms with E-state index >= 15 is 0 Å². The van der Waals surface area contributed by atoms with Crippen molar-refractivity contribution < 1.29 is 0 Å². The molecule has 0 saturated heterocycles. The topological polar surface area (TPSA) is 63.8 Å². The highest BCUT2D eigenvalue weighted by Crippen LogP contribution is 2.27. The highest BCUT2D eigenvalue weighted by molar-refractivity contribution is 7.10. The molecule has 0 aliphatic rings. The van der Waals surface area contributed by atoms with E-state index in [9.17, 15) is 0 Å². The number of aromatic nitrogens is 2. The van der Waals surface area contributed by atoms with E-state index < -0.39 is 0 Å². The molecule has 5 heteroatoms. The third-order valence-electron chi connectivity index (χ3n) is 2.88. The molecule has 2 aromatic heterocycles. The fraction of sp³-hybridized carbons (Fsp3) is 0.385. The standard InChI is InChI=1S/C13H18N4S/c1-9-7-15-12(14)17-11(9)16-8-13(2,3)10-5-4-6-18-10/h4-7H,8H2,1-3H3,(H3,14,15,16,17). The van der Waals surface area contributed by atoms with E-state index in [2.05, 4.69) is 46.6 Å². The zero-order valence-corrected chi connectivity index (χ0v) is 11.7. The summed E-state index contributed by atoms with van der Waals surface area (Å²) in [5, 5.41) is 5.46. The molecular formula is C13H18N4S. The fourth-order valence-electron chi connectivity index (χ4n) is 1.69.